The third-order valence-corrected chi connectivity index (χ3v) is 3.64. The summed E-state index contributed by atoms with van der Waals surface area (Å²) < 4.78 is 64.2. The second kappa shape index (κ2) is 6.53. The molecule has 0 aromatic heterocycles. The van der Waals surface area contributed by atoms with Gasteiger partial charge >= 0.3 is 12.1 Å². The van der Waals surface area contributed by atoms with Crippen LogP contribution in [0.2, 0.25) is 0 Å². The number of rotatable bonds is 5. The van der Waals surface area contributed by atoms with Crippen molar-refractivity contribution in [2.75, 3.05) is 7.11 Å². The zero-order chi connectivity index (χ0) is 17.1. The zero-order valence-electron chi connectivity index (χ0n) is 11.8. The summed E-state index contributed by atoms with van der Waals surface area (Å²) in [6.45, 7) is 1.37. The van der Waals surface area contributed by atoms with Crippen LogP contribution < -0.4 is 15.2 Å². The summed E-state index contributed by atoms with van der Waals surface area (Å²) in [7, 11) is -2.78. The molecular weight excluding hydrogens is 325 g/mol. The maximum atomic E-state index is 12.1. The third kappa shape index (κ3) is 4.88. The van der Waals surface area contributed by atoms with Gasteiger partial charge in [0.1, 0.15) is 10.6 Å². The first-order valence-corrected chi connectivity index (χ1v) is 7.57. The predicted octanol–water partition coefficient (Wildman–Crippen LogP) is 0.952. The Morgan fingerprint density at radius 2 is 2.00 bits per heavy atom. The molecule has 0 radical (unpaired) electrons. The third-order valence-electron chi connectivity index (χ3n) is 2.71. The standard InChI is InChI=1S/C12H15F3N2O4S/c1-7(17-11(18)12(13,14)15)5-8-3-4-9(21-2)10(6-8)22(16,19)20/h3-4,6-7H,5H2,1-2H3,(H,17,18)(H2,16,19,20)/t7-/m0/s1. The minimum absolute atomic E-state index is 0.00562. The van der Waals surface area contributed by atoms with Crippen LogP contribution in [-0.2, 0) is 21.2 Å². The highest BCUT2D eigenvalue weighted by Crippen LogP contribution is 2.24. The molecule has 10 heteroatoms. The molecule has 22 heavy (non-hydrogen) atoms. The topological polar surface area (TPSA) is 98.5 Å². The van der Waals surface area contributed by atoms with Crippen LogP contribution in [0.5, 0.6) is 5.75 Å². The number of halogens is 3. The average molecular weight is 340 g/mol. The van der Waals surface area contributed by atoms with Crippen molar-refractivity contribution in [3.8, 4) is 5.75 Å². The van der Waals surface area contributed by atoms with Gasteiger partial charge in [-0.05, 0) is 31.0 Å². The Balaban J connectivity index is 2.93. The molecule has 0 unspecified atom stereocenters. The first kappa shape index (κ1) is 18.2. The Labute approximate surface area is 125 Å². The first-order valence-electron chi connectivity index (χ1n) is 6.02. The highest BCUT2D eigenvalue weighted by molar-refractivity contribution is 7.89. The molecular formula is C12H15F3N2O4S. The van der Waals surface area contributed by atoms with Gasteiger partial charge in [0.15, 0.2) is 0 Å². The predicted molar refractivity (Wildman–Crippen MR) is 71.7 cm³/mol. The van der Waals surface area contributed by atoms with Crippen LogP contribution in [0.4, 0.5) is 13.2 Å². The number of carbonyl (C=O) groups excluding carboxylic acids is 1. The lowest BCUT2D eigenvalue weighted by molar-refractivity contribution is -0.174. The molecule has 0 heterocycles. The average Bonchev–Trinajstić information content (AvgIpc) is 2.36. The molecule has 0 aliphatic carbocycles. The number of hydrogen-bond donors (Lipinski definition) is 2. The zero-order valence-corrected chi connectivity index (χ0v) is 12.6. The number of alkyl halides is 3. The summed E-state index contributed by atoms with van der Waals surface area (Å²) in [6.07, 6.45) is -4.98. The number of primary sulfonamides is 1. The molecule has 0 aliphatic heterocycles. The van der Waals surface area contributed by atoms with Gasteiger partial charge in [0.25, 0.3) is 0 Å². The van der Waals surface area contributed by atoms with Crippen LogP contribution in [0.15, 0.2) is 23.1 Å². The van der Waals surface area contributed by atoms with Crippen LogP contribution in [0, 0.1) is 0 Å². The number of sulfonamides is 1. The van der Waals surface area contributed by atoms with Crippen LogP contribution in [-0.4, -0.2) is 33.7 Å². The van der Waals surface area contributed by atoms with Crippen LogP contribution in [0.25, 0.3) is 0 Å². The van der Waals surface area contributed by atoms with Crippen molar-refractivity contribution in [2.24, 2.45) is 5.14 Å². The fraction of sp³-hybridized carbons (Fsp3) is 0.417. The molecule has 1 aromatic carbocycles. The lowest BCUT2D eigenvalue weighted by Crippen LogP contribution is -2.42. The highest BCUT2D eigenvalue weighted by Gasteiger charge is 2.39. The number of nitrogens with two attached hydrogens (primary N) is 1. The summed E-state index contributed by atoms with van der Waals surface area (Å²) in [5, 5.41) is 6.82. The van der Waals surface area contributed by atoms with E-state index in [0.717, 1.165) is 0 Å². The minimum Gasteiger partial charge on any atom is -0.495 e. The normalized spacial score (nSPS) is 13.5. The van der Waals surface area contributed by atoms with Crippen molar-refractivity contribution in [3.63, 3.8) is 0 Å². The molecule has 0 aliphatic rings. The largest absolute Gasteiger partial charge is 0.495 e. The van der Waals surface area contributed by atoms with Gasteiger partial charge in [0.2, 0.25) is 10.0 Å². The van der Waals surface area contributed by atoms with Gasteiger partial charge in [-0.25, -0.2) is 13.6 Å². The van der Waals surface area contributed by atoms with Crippen molar-refractivity contribution in [1.82, 2.24) is 5.32 Å². The number of nitrogens with one attached hydrogen (secondary N) is 1. The maximum absolute atomic E-state index is 12.1. The van der Waals surface area contributed by atoms with E-state index in [1.165, 1.54) is 32.2 Å². The van der Waals surface area contributed by atoms with Crippen LogP contribution >= 0.6 is 0 Å². The fourth-order valence-corrected chi connectivity index (χ4v) is 2.53. The smallest absolute Gasteiger partial charge is 0.471 e. The van der Waals surface area contributed by atoms with Crippen LogP contribution in [0.1, 0.15) is 12.5 Å². The molecule has 1 rings (SSSR count). The SMILES string of the molecule is COc1ccc(C[C@H](C)NC(=O)C(F)(F)F)cc1S(N)(=O)=O. The Morgan fingerprint density at radius 1 is 1.41 bits per heavy atom. The molecule has 124 valence electrons. The van der Waals surface area contributed by atoms with E-state index in [1.807, 2.05) is 0 Å². The molecule has 6 nitrogen and oxygen atoms in total. The van der Waals surface area contributed by atoms with E-state index >= 15 is 0 Å². The van der Waals surface area contributed by atoms with E-state index in [-0.39, 0.29) is 17.1 Å². The fourth-order valence-electron chi connectivity index (χ4n) is 1.78. The monoisotopic (exact) mass is 340 g/mol. The molecule has 0 spiro atoms. The van der Waals surface area contributed by atoms with Crippen molar-refractivity contribution >= 4 is 15.9 Å². The van der Waals surface area contributed by atoms with Gasteiger partial charge in [0, 0.05) is 6.04 Å². The number of methoxy groups -OCH3 is 1. The Hall–Kier alpha value is -1.81. The summed E-state index contributed by atoms with van der Waals surface area (Å²) >= 11 is 0. The van der Waals surface area contributed by atoms with Crippen molar-refractivity contribution in [3.05, 3.63) is 23.8 Å². The van der Waals surface area contributed by atoms with E-state index in [1.54, 1.807) is 5.32 Å². The first-order chi connectivity index (χ1) is 9.95. The summed E-state index contributed by atoms with van der Waals surface area (Å²) in [5.41, 5.74) is 0.389. The van der Waals surface area contributed by atoms with E-state index in [9.17, 15) is 26.4 Å². The van der Waals surface area contributed by atoms with Gasteiger partial charge in [-0.3, -0.25) is 4.79 Å². The second-order valence-corrected chi connectivity index (χ2v) is 6.14. The van der Waals surface area contributed by atoms with Crippen molar-refractivity contribution in [2.45, 2.75) is 30.5 Å². The number of benzene rings is 1. The summed E-state index contributed by atoms with van der Waals surface area (Å²) in [6, 6.07) is 3.16. The van der Waals surface area contributed by atoms with Gasteiger partial charge in [-0.1, -0.05) is 6.07 Å². The number of ether oxygens (including phenoxy) is 1. The Morgan fingerprint density at radius 3 is 2.45 bits per heavy atom. The highest BCUT2D eigenvalue weighted by atomic mass is 32.2. The van der Waals surface area contributed by atoms with Crippen molar-refractivity contribution in [1.29, 1.82) is 0 Å². The molecule has 0 saturated heterocycles. The lowest BCUT2D eigenvalue weighted by atomic mass is 10.1. The lowest BCUT2D eigenvalue weighted by Gasteiger charge is -2.16. The molecule has 0 saturated carbocycles. The van der Waals surface area contributed by atoms with Gasteiger partial charge in [0.05, 0.1) is 7.11 Å². The van der Waals surface area contributed by atoms with E-state index in [4.69, 9.17) is 9.88 Å². The van der Waals surface area contributed by atoms with Crippen molar-refractivity contribution < 1.29 is 31.1 Å². The Kier molecular flexibility index (Phi) is 5.41. The van der Waals surface area contributed by atoms with E-state index in [2.05, 4.69) is 0 Å². The number of hydrogen-bond acceptors (Lipinski definition) is 4. The second-order valence-electron chi connectivity index (χ2n) is 4.61. The van der Waals surface area contributed by atoms with E-state index in [0.29, 0.717) is 5.56 Å². The molecule has 1 atom stereocenters. The molecule has 0 fully saturated rings. The summed E-state index contributed by atoms with van der Waals surface area (Å²) in [4.78, 5) is 10.5. The van der Waals surface area contributed by atoms with Gasteiger partial charge < -0.3 is 10.1 Å². The molecule has 1 amide bonds. The quantitative estimate of drug-likeness (QED) is 0.834. The van der Waals surface area contributed by atoms with Gasteiger partial charge in [-0.2, -0.15) is 13.2 Å². The molecule has 3 N–H and O–H groups in total. The number of amides is 1. The minimum atomic E-state index is -4.97. The Bertz CT molecular complexity index is 659. The molecule has 1 aromatic rings. The van der Waals surface area contributed by atoms with Gasteiger partial charge in [-0.15, -0.1) is 0 Å². The molecule has 0 bridgehead atoms. The number of carbonyl (C=O) groups is 1. The van der Waals surface area contributed by atoms with Crippen LogP contribution in [0.3, 0.4) is 0 Å². The summed E-state index contributed by atoms with van der Waals surface area (Å²) in [5.74, 6) is -2.03. The maximum Gasteiger partial charge on any atom is 0.471 e. The van der Waals surface area contributed by atoms with E-state index < -0.39 is 28.1 Å².